The Bertz CT molecular complexity index is 286. The molecule has 3 nitrogen and oxygen atoms in total. The van der Waals surface area contributed by atoms with Gasteiger partial charge in [-0.05, 0) is 56.9 Å². The van der Waals surface area contributed by atoms with Gasteiger partial charge in [-0.15, -0.1) is 0 Å². The van der Waals surface area contributed by atoms with Crippen molar-refractivity contribution in [3.8, 4) is 0 Å². The molecule has 0 spiro atoms. The van der Waals surface area contributed by atoms with Crippen LogP contribution in [0.4, 0.5) is 0 Å². The van der Waals surface area contributed by atoms with Gasteiger partial charge in [0, 0.05) is 18.5 Å². The van der Waals surface area contributed by atoms with Crippen LogP contribution in [0.2, 0.25) is 0 Å². The molecule has 1 heterocycles. The first kappa shape index (κ1) is 14.8. The molecule has 0 bridgehead atoms. The van der Waals surface area contributed by atoms with Gasteiger partial charge in [-0.1, -0.05) is 20.3 Å². The molecule has 1 aliphatic carbocycles. The van der Waals surface area contributed by atoms with E-state index in [1.54, 1.807) is 0 Å². The number of hydrogen-bond donors (Lipinski definition) is 2. The van der Waals surface area contributed by atoms with E-state index in [-0.39, 0.29) is 5.91 Å². The molecule has 1 aliphatic heterocycles. The summed E-state index contributed by atoms with van der Waals surface area (Å²) < 4.78 is 0. The van der Waals surface area contributed by atoms with Crippen molar-refractivity contribution in [1.29, 1.82) is 0 Å². The Hall–Kier alpha value is -0.570. The zero-order valence-electron chi connectivity index (χ0n) is 12.6. The molecule has 1 amide bonds. The Morgan fingerprint density at radius 2 is 2.05 bits per heavy atom. The largest absolute Gasteiger partial charge is 0.353 e. The highest BCUT2D eigenvalue weighted by Gasteiger charge is 2.26. The molecule has 4 unspecified atom stereocenters. The van der Waals surface area contributed by atoms with Crippen molar-refractivity contribution in [2.75, 3.05) is 6.54 Å². The van der Waals surface area contributed by atoms with E-state index >= 15 is 0 Å². The summed E-state index contributed by atoms with van der Waals surface area (Å²) >= 11 is 0. The van der Waals surface area contributed by atoms with Crippen LogP contribution >= 0.6 is 0 Å². The molecule has 1 saturated heterocycles. The van der Waals surface area contributed by atoms with Gasteiger partial charge in [0.1, 0.15) is 0 Å². The number of nitrogens with one attached hydrogen (secondary N) is 2. The van der Waals surface area contributed by atoms with Crippen LogP contribution < -0.4 is 10.6 Å². The lowest BCUT2D eigenvalue weighted by molar-refractivity contribution is -0.122. The standard InChI is InChI=1S/C16H30N2O/c1-12-6-8-15(13(2)11-12)18-16(19)9-7-14-5-3-4-10-17-14/h12-15,17H,3-11H2,1-2H3,(H,18,19). The summed E-state index contributed by atoms with van der Waals surface area (Å²) in [6.45, 7) is 5.73. The van der Waals surface area contributed by atoms with Crippen LogP contribution in [0.1, 0.15) is 65.2 Å². The summed E-state index contributed by atoms with van der Waals surface area (Å²) in [6.07, 6.45) is 9.23. The van der Waals surface area contributed by atoms with Crippen molar-refractivity contribution in [2.45, 2.75) is 77.3 Å². The predicted molar refractivity (Wildman–Crippen MR) is 79.0 cm³/mol. The third-order valence-electron chi connectivity index (χ3n) is 4.91. The van der Waals surface area contributed by atoms with E-state index in [1.807, 2.05) is 0 Å². The van der Waals surface area contributed by atoms with Gasteiger partial charge in [-0.25, -0.2) is 0 Å². The molecule has 4 atom stereocenters. The zero-order valence-corrected chi connectivity index (χ0v) is 12.6. The molecule has 3 heteroatoms. The maximum Gasteiger partial charge on any atom is 0.220 e. The summed E-state index contributed by atoms with van der Waals surface area (Å²) in [6, 6.07) is 0.992. The van der Waals surface area contributed by atoms with Crippen LogP contribution in [0, 0.1) is 11.8 Å². The SMILES string of the molecule is CC1CCC(NC(=O)CCC2CCCCN2)C(C)C1. The van der Waals surface area contributed by atoms with Gasteiger partial charge in [0.15, 0.2) is 0 Å². The molecule has 0 aromatic carbocycles. The first-order chi connectivity index (χ1) is 9.15. The molecule has 2 N–H and O–H groups in total. The second-order valence-electron chi connectivity index (χ2n) is 6.76. The lowest BCUT2D eigenvalue weighted by atomic mass is 9.80. The molecule has 0 radical (unpaired) electrons. The van der Waals surface area contributed by atoms with Crippen molar-refractivity contribution in [1.82, 2.24) is 10.6 Å². The number of hydrogen-bond acceptors (Lipinski definition) is 2. The van der Waals surface area contributed by atoms with Crippen molar-refractivity contribution < 1.29 is 4.79 Å². The molecular formula is C16H30N2O. The topological polar surface area (TPSA) is 41.1 Å². The minimum absolute atomic E-state index is 0.263. The van der Waals surface area contributed by atoms with Crippen LogP contribution in [0.5, 0.6) is 0 Å². The number of amides is 1. The van der Waals surface area contributed by atoms with Crippen molar-refractivity contribution >= 4 is 5.91 Å². The molecule has 0 aromatic heterocycles. The smallest absolute Gasteiger partial charge is 0.220 e. The molecule has 19 heavy (non-hydrogen) atoms. The van der Waals surface area contributed by atoms with Gasteiger partial charge in [-0.2, -0.15) is 0 Å². The Balaban J connectivity index is 1.66. The number of rotatable bonds is 4. The van der Waals surface area contributed by atoms with Crippen molar-refractivity contribution in [3.05, 3.63) is 0 Å². The first-order valence-electron chi connectivity index (χ1n) is 8.18. The van der Waals surface area contributed by atoms with Gasteiger partial charge in [0.05, 0.1) is 0 Å². The lowest BCUT2D eigenvalue weighted by Gasteiger charge is -2.33. The molecule has 2 fully saturated rings. The third kappa shape index (κ3) is 4.79. The highest BCUT2D eigenvalue weighted by molar-refractivity contribution is 5.76. The normalized spacial score (nSPS) is 35.9. The fraction of sp³-hybridized carbons (Fsp3) is 0.938. The maximum absolute atomic E-state index is 12.0. The van der Waals surface area contributed by atoms with E-state index in [9.17, 15) is 4.79 Å². The number of carbonyl (C=O) groups is 1. The highest BCUT2D eigenvalue weighted by atomic mass is 16.1. The fourth-order valence-corrected chi connectivity index (χ4v) is 3.63. The van der Waals surface area contributed by atoms with E-state index < -0.39 is 0 Å². The van der Waals surface area contributed by atoms with Crippen molar-refractivity contribution in [2.24, 2.45) is 11.8 Å². The van der Waals surface area contributed by atoms with E-state index in [2.05, 4.69) is 24.5 Å². The average Bonchev–Trinajstić information content (AvgIpc) is 2.41. The molecule has 1 saturated carbocycles. The Morgan fingerprint density at radius 3 is 2.74 bits per heavy atom. The third-order valence-corrected chi connectivity index (χ3v) is 4.91. The number of carbonyl (C=O) groups excluding carboxylic acids is 1. The Kier molecular flexibility index (Phi) is 5.68. The van der Waals surface area contributed by atoms with Crippen LogP contribution in [0.3, 0.4) is 0 Å². The lowest BCUT2D eigenvalue weighted by Crippen LogP contribution is -2.43. The van der Waals surface area contributed by atoms with Crippen LogP contribution in [-0.2, 0) is 4.79 Å². The second-order valence-corrected chi connectivity index (χ2v) is 6.76. The van der Waals surface area contributed by atoms with E-state index in [1.165, 1.54) is 32.1 Å². The first-order valence-corrected chi connectivity index (χ1v) is 8.18. The summed E-state index contributed by atoms with van der Waals surface area (Å²) in [4.78, 5) is 12.0. The molecular weight excluding hydrogens is 236 g/mol. The van der Waals surface area contributed by atoms with Gasteiger partial charge < -0.3 is 10.6 Å². The monoisotopic (exact) mass is 266 g/mol. The van der Waals surface area contributed by atoms with Gasteiger partial charge in [-0.3, -0.25) is 4.79 Å². The molecule has 2 aliphatic rings. The van der Waals surface area contributed by atoms with Crippen LogP contribution in [0.25, 0.3) is 0 Å². The average molecular weight is 266 g/mol. The summed E-state index contributed by atoms with van der Waals surface area (Å²) in [5.41, 5.74) is 0. The quantitative estimate of drug-likeness (QED) is 0.821. The van der Waals surface area contributed by atoms with Gasteiger partial charge >= 0.3 is 0 Å². The van der Waals surface area contributed by atoms with Crippen LogP contribution in [0.15, 0.2) is 0 Å². The highest BCUT2D eigenvalue weighted by Crippen LogP contribution is 2.28. The zero-order chi connectivity index (χ0) is 13.7. The Morgan fingerprint density at radius 1 is 1.21 bits per heavy atom. The van der Waals surface area contributed by atoms with E-state index in [0.717, 1.165) is 25.3 Å². The summed E-state index contributed by atoms with van der Waals surface area (Å²) in [7, 11) is 0. The van der Waals surface area contributed by atoms with E-state index in [0.29, 0.717) is 24.4 Å². The maximum atomic E-state index is 12.0. The fourth-order valence-electron chi connectivity index (χ4n) is 3.63. The minimum Gasteiger partial charge on any atom is -0.353 e. The molecule has 2 rings (SSSR count). The summed E-state index contributed by atoms with van der Waals surface area (Å²) in [5, 5.41) is 6.77. The minimum atomic E-state index is 0.263. The van der Waals surface area contributed by atoms with Gasteiger partial charge in [0.2, 0.25) is 5.91 Å². The predicted octanol–water partition coefficient (Wildman–Crippen LogP) is 2.85. The summed E-state index contributed by atoms with van der Waals surface area (Å²) in [5.74, 6) is 1.73. The Labute approximate surface area is 117 Å². The molecule has 110 valence electrons. The van der Waals surface area contributed by atoms with Gasteiger partial charge in [0.25, 0.3) is 0 Å². The molecule has 0 aromatic rings. The van der Waals surface area contributed by atoms with Crippen molar-refractivity contribution in [3.63, 3.8) is 0 Å². The second kappa shape index (κ2) is 7.28. The van der Waals surface area contributed by atoms with E-state index in [4.69, 9.17) is 0 Å². The van der Waals surface area contributed by atoms with Crippen LogP contribution in [-0.4, -0.2) is 24.5 Å². The number of piperidine rings is 1.